The Labute approximate surface area is 172 Å². The first kappa shape index (κ1) is 19.8. The van der Waals surface area contributed by atoms with Crippen LogP contribution in [0.4, 0.5) is 5.82 Å². The number of hydrogen-bond donors (Lipinski definition) is 2. The Morgan fingerprint density at radius 2 is 1.97 bits per heavy atom. The highest BCUT2D eigenvalue weighted by molar-refractivity contribution is 5.90. The molecule has 3 heterocycles. The molecule has 2 N–H and O–H groups in total. The predicted octanol–water partition coefficient (Wildman–Crippen LogP) is 1.43. The zero-order valence-corrected chi connectivity index (χ0v) is 17.9. The average Bonchev–Trinajstić information content (AvgIpc) is 3.32. The lowest BCUT2D eigenvalue weighted by atomic mass is 10.0. The van der Waals surface area contributed by atoms with Crippen LogP contribution >= 0.6 is 0 Å². The fraction of sp³-hybridized carbons (Fsp3) is 0.619. The first-order valence-corrected chi connectivity index (χ1v) is 10.6. The van der Waals surface area contributed by atoms with Gasteiger partial charge in [-0.05, 0) is 46.0 Å². The smallest absolute Gasteiger partial charge is 0.288 e. The first-order valence-electron chi connectivity index (χ1n) is 10.6. The summed E-state index contributed by atoms with van der Waals surface area (Å²) in [5.74, 6) is 1.99. The van der Waals surface area contributed by atoms with Crippen LogP contribution in [-0.4, -0.2) is 51.6 Å². The Hall–Kier alpha value is -2.48. The van der Waals surface area contributed by atoms with E-state index in [-0.39, 0.29) is 11.7 Å². The zero-order valence-electron chi connectivity index (χ0n) is 17.9. The van der Waals surface area contributed by atoms with Gasteiger partial charge in [-0.2, -0.15) is 0 Å². The van der Waals surface area contributed by atoms with E-state index >= 15 is 0 Å². The Balaban J connectivity index is 1.43. The minimum Gasteiger partial charge on any atom is -0.355 e. The highest BCUT2D eigenvalue weighted by Crippen LogP contribution is 2.25. The van der Waals surface area contributed by atoms with E-state index in [0.29, 0.717) is 6.04 Å². The second-order valence-corrected chi connectivity index (χ2v) is 8.16. The van der Waals surface area contributed by atoms with Crippen molar-refractivity contribution >= 4 is 11.7 Å². The molecular formula is C21H31N7O. The molecule has 1 aliphatic carbocycles. The fourth-order valence-corrected chi connectivity index (χ4v) is 4.39. The molecular weight excluding hydrogens is 366 g/mol. The normalized spacial score (nSPS) is 18.8. The second kappa shape index (κ2) is 8.10. The number of carbonyl (C=O) groups is 1. The summed E-state index contributed by atoms with van der Waals surface area (Å²) in [6, 6.07) is 0.377. The van der Waals surface area contributed by atoms with Gasteiger partial charge in [0.15, 0.2) is 0 Å². The van der Waals surface area contributed by atoms with E-state index < -0.39 is 0 Å². The summed E-state index contributed by atoms with van der Waals surface area (Å²) in [6.07, 6.45) is 5.83. The molecule has 2 aliphatic rings. The van der Waals surface area contributed by atoms with Gasteiger partial charge in [0.05, 0.1) is 12.2 Å². The van der Waals surface area contributed by atoms with Gasteiger partial charge in [-0.3, -0.25) is 4.79 Å². The van der Waals surface area contributed by atoms with Gasteiger partial charge in [0, 0.05) is 50.2 Å². The SMILES string of the molecule is CNC(=O)c1nc(C)c(C)c(N2CC[C@@H](NCc3nc4c(n3C)CCCC4)C2)n1. The molecule has 0 aromatic carbocycles. The van der Waals surface area contributed by atoms with E-state index in [1.54, 1.807) is 7.05 Å². The zero-order chi connectivity index (χ0) is 20.5. The number of hydrogen-bond acceptors (Lipinski definition) is 6. The van der Waals surface area contributed by atoms with Gasteiger partial charge < -0.3 is 20.1 Å². The van der Waals surface area contributed by atoms with Crippen LogP contribution in [0.15, 0.2) is 0 Å². The van der Waals surface area contributed by atoms with Crippen molar-refractivity contribution in [1.82, 2.24) is 30.2 Å². The van der Waals surface area contributed by atoms with Crippen molar-refractivity contribution in [3.8, 4) is 0 Å². The number of nitrogens with one attached hydrogen (secondary N) is 2. The molecule has 0 unspecified atom stereocenters. The van der Waals surface area contributed by atoms with Crippen LogP contribution in [0.3, 0.4) is 0 Å². The summed E-state index contributed by atoms with van der Waals surface area (Å²) in [6.45, 7) is 6.53. The number of rotatable bonds is 5. The maximum absolute atomic E-state index is 12.0. The minimum atomic E-state index is -0.248. The van der Waals surface area contributed by atoms with Crippen molar-refractivity contribution in [2.75, 3.05) is 25.0 Å². The number of fused-ring (bicyclic) bond motifs is 1. The molecule has 1 saturated heterocycles. The maximum Gasteiger partial charge on any atom is 0.288 e. The van der Waals surface area contributed by atoms with E-state index in [1.807, 2.05) is 13.8 Å². The number of imidazole rings is 1. The summed E-state index contributed by atoms with van der Waals surface area (Å²) in [5, 5.41) is 6.30. The standard InChI is InChI=1S/C21H31N7O/c1-13-14(2)24-19(21(29)22-3)26-20(13)28-10-9-15(12-28)23-11-18-25-16-7-5-6-8-17(16)27(18)4/h15,23H,5-12H2,1-4H3,(H,22,29)/t15-/m1/s1. The van der Waals surface area contributed by atoms with Crippen molar-refractivity contribution < 1.29 is 4.79 Å². The van der Waals surface area contributed by atoms with E-state index in [4.69, 9.17) is 4.98 Å². The van der Waals surface area contributed by atoms with Gasteiger partial charge in [0.2, 0.25) is 5.82 Å². The molecule has 2 aromatic heterocycles. The van der Waals surface area contributed by atoms with Crippen LogP contribution in [0.2, 0.25) is 0 Å². The molecule has 1 atom stereocenters. The molecule has 29 heavy (non-hydrogen) atoms. The molecule has 8 nitrogen and oxygen atoms in total. The fourth-order valence-electron chi connectivity index (χ4n) is 4.39. The van der Waals surface area contributed by atoms with Gasteiger partial charge in [0.1, 0.15) is 11.6 Å². The number of carbonyl (C=O) groups excluding carboxylic acids is 1. The molecule has 1 fully saturated rings. The number of aryl methyl sites for hydroxylation is 2. The van der Waals surface area contributed by atoms with Crippen molar-refractivity contribution in [3.05, 3.63) is 34.3 Å². The van der Waals surface area contributed by atoms with Gasteiger partial charge in [-0.1, -0.05) is 0 Å². The van der Waals surface area contributed by atoms with Gasteiger partial charge in [-0.25, -0.2) is 15.0 Å². The van der Waals surface area contributed by atoms with E-state index in [9.17, 15) is 4.79 Å². The second-order valence-electron chi connectivity index (χ2n) is 8.16. The van der Waals surface area contributed by atoms with Crippen molar-refractivity contribution in [2.24, 2.45) is 7.05 Å². The lowest BCUT2D eigenvalue weighted by Gasteiger charge is -2.21. The highest BCUT2D eigenvalue weighted by Gasteiger charge is 2.27. The summed E-state index contributed by atoms with van der Waals surface area (Å²) in [4.78, 5) is 28.0. The Morgan fingerprint density at radius 1 is 1.17 bits per heavy atom. The average molecular weight is 398 g/mol. The first-order chi connectivity index (χ1) is 14.0. The lowest BCUT2D eigenvalue weighted by Crippen LogP contribution is -2.33. The number of aromatic nitrogens is 4. The monoisotopic (exact) mass is 397 g/mol. The third kappa shape index (κ3) is 3.85. The summed E-state index contributed by atoms with van der Waals surface area (Å²) in [5.41, 5.74) is 4.59. The van der Waals surface area contributed by atoms with Gasteiger partial charge in [-0.15, -0.1) is 0 Å². The molecule has 8 heteroatoms. The quantitative estimate of drug-likeness (QED) is 0.794. The lowest BCUT2D eigenvalue weighted by molar-refractivity contribution is 0.0952. The van der Waals surface area contributed by atoms with Crippen LogP contribution < -0.4 is 15.5 Å². The molecule has 0 spiro atoms. The highest BCUT2D eigenvalue weighted by atomic mass is 16.2. The van der Waals surface area contributed by atoms with Crippen LogP contribution in [-0.2, 0) is 26.4 Å². The van der Waals surface area contributed by atoms with Crippen molar-refractivity contribution in [3.63, 3.8) is 0 Å². The summed E-state index contributed by atoms with van der Waals surface area (Å²) >= 11 is 0. The topological polar surface area (TPSA) is 88.0 Å². The number of amides is 1. The largest absolute Gasteiger partial charge is 0.355 e. The Bertz CT molecular complexity index is 920. The van der Waals surface area contributed by atoms with E-state index in [0.717, 1.165) is 61.8 Å². The molecule has 0 saturated carbocycles. The van der Waals surface area contributed by atoms with E-state index in [2.05, 4.69) is 37.1 Å². The molecule has 1 aliphatic heterocycles. The van der Waals surface area contributed by atoms with Crippen molar-refractivity contribution in [2.45, 2.75) is 58.5 Å². The van der Waals surface area contributed by atoms with Crippen LogP contribution in [0.5, 0.6) is 0 Å². The molecule has 0 radical (unpaired) electrons. The Morgan fingerprint density at radius 3 is 2.72 bits per heavy atom. The number of anilines is 1. The Kier molecular flexibility index (Phi) is 5.54. The minimum absolute atomic E-state index is 0.237. The molecule has 156 valence electrons. The summed E-state index contributed by atoms with van der Waals surface area (Å²) in [7, 11) is 3.74. The molecule has 2 aromatic rings. The van der Waals surface area contributed by atoms with Gasteiger partial charge >= 0.3 is 0 Å². The van der Waals surface area contributed by atoms with Crippen LogP contribution in [0.1, 0.15) is 58.4 Å². The molecule has 0 bridgehead atoms. The van der Waals surface area contributed by atoms with Crippen LogP contribution in [0, 0.1) is 13.8 Å². The molecule has 4 rings (SSSR count). The number of nitrogens with zero attached hydrogens (tertiary/aromatic N) is 5. The van der Waals surface area contributed by atoms with Gasteiger partial charge in [0.25, 0.3) is 5.91 Å². The molecule has 1 amide bonds. The third-order valence-corrected chi connectivity index (χ3v) is 6.30. The van der Waals surface area contributed by atoms with E-state index in [1.165, 1.54) is 24.2 Å². The summed E-state index contributed by atoms with van der Waals surface area (Å²) < 4.78 is 2.28. The predicted molar refractivity (Wildman–Crippen MR) is 112 cm³/mol. The van der Waals surface area contributed by atoms with Crippen molar-refractivity contribution in [1.29, 1.82) is 0 Å². The maximum atomic E-state index is 12.0. The third-order valence-electron chi connectivity index (χ3n) is 6.30. The van der Waals surface area contributed by atoms with Crippen LogP contribution in [0.25, 0.3) is 0 Å².